The van der Waals surface area contributed by atoms with Crippen molar-refractivity contribution in [1.29, 1.82) is 0 Å². The number of carbonyl (C=O) groups is 3. The van der Waals surface area contributed by atoms with Crippen LogP contribution >= 0.6 is 11.8 Å². The van der Waals surface area contributed by atoms with Crippen molar-refractivity contribution in [3.8, 4) is 0 Å². The lowest BCUT2D eigenvalue weighted by Gasteiger charge is -2.36. The first-order valence-corrected chi connectivity index (χ1v) is 14.6. The maximum Gasteiger partial charge on any atom is 0.289 e. The Kier molecular flexibility index (Phi) is 5.89. The lowest BCUT2D eigenvalue weighted by molar-refractivity contribution is -0.128. The molecule has 2 fully saturated rings. The van der Waals surface area contributed by atoms with Gasteiger partial charge in [0.05, 0.1) is 22.3 Å². The number of carbonyl (C=O) groups excluding carboxylic acids is 3. The van der Waals surface area contributed by atoms with Gasteiger partial charge in [0.25, 0.3) is 21.9 Å². The van der Waals surface area contributed by atoms with Crippen molar-refractivity contribution in [2.24, 2.45) is 16.7 Å². The van der Waals surface area contributed by atoms with Crippen LogP contribution in [-0.4, -0.2) is 42.6 Å². The van der Waals surface area contributed by atoms with Gasteiger partial charge in [-0.1, -0.05) is 39.3 Å². The Labute approximate surface area is 209 Å². The molecule has 2 unspecified atom stereocenters. The van der Waals surface area contributed by atoms with Crippen molar-refractivity contribution in [1.82, 2.24) is 5.06 Å². The average molecular weight is 516 g/mol. The number of nitrogens with zero attached hydrogens (tertiary/aromatic N) is 1. The molecule has 0 spiro atoms. The van der Waals surface area contributed by atoms with E-state index >= 15 is 0 Å². The fourth-order valence-electron chi connectivity index (χ4n) is 6.12. The minimum absolute atomic E-state index is 0.0783. The van der Waals surface area contributed by atoms with Crippen LogP contribution in [0.1, 0.15) is 73.6 Å². The number of hydrogen-bond donors (Lipinski definition) is 0. The summed E-state index contributed by atoms with van der Waals surface area (Å²) in [5.74, 6) is -1.19. The molecular formula is C26H29NO6S2. The van der Waals surface area contributed by atoms with Crippen molar-refractivity contribution < 1.29 is 27.1 Å². The molecule has 0 radical (unpaired) electrons. The highest BCUT2D eigenvalue weighted by molar-refractivity contribution is 7.99. The molecule has 2 saturated carbocycles. The summed E-state index contributed by atoms with van der Waals surface area (Å²) in [7, 11) is -4.41. The van der Waals surface area contributed by atoms with Crippen LogP contribution in [0.3, 0.4) is 0 Å². The van der Waals surface area contributed by atoms with Gasteiger partial charge in [-0.05, 0) is 59.9 Å². The number of rotatable bonds is 8. The van der Waals surface area contributed by atoms with Crippen molar-refractivity contribution in [3.63, 3.8) is 0 Å². The van der Waals surface area contributed by atoms with Gasteiger partial charge in [0.2, 0.25) is 0 Å². The normalized spacial score (nSPS) is 25.2. The molecule has 1 aliphatic heterocycles. The number of fused-ring (bicyclic) bond motifs is 2. The topological polar surface area (TPSA) is 97.8 Å². The van der Waals surface area contributed by atoms with Crippen molar-refractivity contribution in [2.45, 2.75) is 57.8 Å². The molecule has 2 aliphatic carbocycles. The second-order valence-corrected chi connectivity index (χ2v) is 13.1. The zero-order valence-electron chi connectivity index (χ0n) is 20.1. The molecule has 7 nitrogen and oxygen atoms in total. The van der Waals surface area contributed by atoms with Gasteiger partial charge < -0.3 is 0 Å². The molecule has 2 amide bonds. The van der Waals surface area contributed by atoms with Crippen LogP contribution in [0.15, 0.2) is 35.2 Å². The number of hydroxylamine groups is 2. The number of hydrogen-bond acceptors (Lipinski definition) is 7. The summed E-state index contributed by atoms with van der Waals surface area (Å²) >= 11 is 1.67. The molecule has 2 aromatic rings. The molecule has 2 bridgehead atoms. The fraction of sp³-hybridized carbons (Fsp3) is 0.500. The third kappa shape index (κ3) is 3.65. The first-order valence-electron chi connectivity index (χ1n) is 12.1. The number of ketones is 1. The third-order valence-electron chi connectivity index (χ3n) is 8.34. The van der Waals surface area contributed by atoms with E-state index in [0.717, 1.165) is 35.3 Å². The highest BCUT2D eigenvalue weighted by Gasteiger charge is 2.65. The van der Waals surface area contributed by atoms with Gasteiger partial charge in [-0.15, -0.1) is 21.1 Å². The van der Waals surface area contributed by atoms with E-state index in [9.17, 15) is 22.8 Å². The summed E-state index contributed by atoms with van der Waals surface area (Å²) in [6, 6.07) is 8.63. The number of imide groups is 1. The summed E-state index contributed by atoms with van der Waals surface area (Å²) in [6.45, 7) is 5.97. The van der Waals surface area contributed by atoms with Crippen molar-refractivity contribution in [2.75, 3.05) is 11.5 Å². The molecule has 186 valence electrons. The lowest BCUT2D eigenvalue weighted by atomic mass is 9.70. The Morgan fingerprint density at radius 1 is 1.09 bits per heavy atom. The molecular weight excluding hydrogens is 486 g/mol. The zero-order valence-corrected chi connectivity index (χ0v) is 21.8. The van der Waals surface area contributed by atoms with E-state index in [1.54, 1.807) is 30.0 Å². The number of thioether (sulfide) groups is 1. The quantitative estimate of drug-likeness (QED) is 0.278. The summed E-state index contributed by atoms with van der Waals surface area (Å²) in [6.07, 6.45) is 3.72. The van der Waals surface area contributed by atoms with Crippen LogP contribution < -0.4 is 0 Å². The molecule has 0 saturated heterocycles. The third-order valence-corrected chi connectivity index (χ3v) is 10.7. The summed E-state index contributed by atoms with van der Waals surface area (Å²) < 4.78 is 31.6. The first-order chi connectivity index (χ1) is 16.5. The largest absolute Gasteiger partial charge is 0.299 e. The molecule has 1 heterocycles. The maximum absolute atomic E-state index is 13.3. The van der Waals surface area contributed by atoms with Crippen molar-refractivity contribution in [3.05, 3.63) is 41.5 Å². The van der Waals surface area contributed by atoms with Crippen LogP contribution in [0.4, 0.5) is 0 Å². The maximum atomic E-state index is 13.3. The van der Waals surface area contributed by atoms with E-state index in [2.05, 4.69) is 6.92 Å². The minimum Gasteiger partial charge on any atom is -0.299 e. The monoisotopic (exact) mass is 515 g/mol. The van der Waals surface area contributed by atoms with E-state index in [-0.39, 0.29) is 22.8 Å². The van der Waals surface area contributed by atoms with Crippen LogP contribution in [0.5, 0.6) is 0 Å². The van der Waals surface area contributed by atoms with Crippen LogP contribution in [0.25, 0.3) is 10.8 Å². The van der Waals surface area contributed by atoms with E-state index in [1.807, 2.05) is 26.0 Å². The Morgan fingerprint density at radius 3 is 2.43 bits per heavy atom. The van der Waals surface area contributed by atoms with Gasteiger partial charge >= 0.3 is 0 Å². The summed E-state index contributed by atoms with van der Waals surface area (Å²) in [5, 5.41) is 1.66. The lowest BCUT2D eigenvalue weighted by Crippen LogP contribution is -2.46. The predicted molar refractivity (Wildman–Crippen MR) is 134 cm³/mol. The smallest absolute Gasteiger partial charge is 0.289 e. The molecule has 0 N–H and O–H groups in total. The second-order valence-electron chi connectivity index (χ2n) is 10.4. The van der Waals surface area contributed by atoms with Gasteiger partial charge in [-0.2, -0.15) is 8.42 Å². The van der Waals surface area contributed by atoms with Gasteiger partial charge in [0, 0.05) is 16.7 Å². The van der Waals surface area contributed by atoms with E-state index in [4.69, 9.17) is 4.28 Å². The SMILES string of the molecule is CCCCSc1ccc2c3c(cccc13)C(=O)N(OS(=O)(=O)CC13CCC(CC1=O)C3(C)C)C2=O. The minimum atomic E-state index is -4.41. The molecule has 5 rings (SSSR count). The fourth-order valence-corrected chi connectivity index (χ4v) is 8.96. The molecule has 3 aliphatic rings. The Hall–Kier alpha value is -2.23. The summed E-state index contributed by atoms with van der Waals surface area (Å²) in [5.41, 5.74) is -1.09. The zero-order chi connectivity index (χ0) is 25.2. The van der Waals surface area contributed by atoms with E-state index in [1.165, 1.54) is 0 Å². The molecule has 35 heavy (non-hydrogen) atoms. The van der Waals surface area contributed by atoms with Gasteiger partial charge in [0.15, 0.2) is 0 Å². The molecule has 9 heteroatoms. The first kappa shape index (κ1) is 24.5. The highest BCUT2D eigenvalue weighted by atomic mass is 32.2. The molecule has 2 atom stereocenters. The molecule has 2 aromatic carbocycles. The number of amides is 2. The summed E-state index contributed by atoms with van der Waals surface area (Å²) in [4.78, 5) is 40.4. The van der Waals surface area contributed by atoms with E-state index in [0.29, 0.717) is 23.3 Å². The molecule has 0 aromatic heterocycles. The predicted octanol–water partition coefficient (Wildman–Crippen LogP) is 4.98. The Balaban J connectivity index is 1.46. The Bertz CT molecular complexity index is 1340. The number of Topliss-reactive ketones (excluding diaryl/α,β-unsaturated/α-hetero) is 1. The number of unbranched alkanes of at least 4 members (excludes halogenated alkanes) is 1. The van der Waals surface area contributed by atoms with Gasteiger partial charge in [0.1, 0.15) is 5.78 Å². The van der Waals surface area contributed by atoms with Crippen LogP contribution in [-0.2, 0) is 19.2 Å². The van der Waals surface area contributed by atoms with Gasteiger partial charge in [-0.3, -0.25) is 14.4 Å². The van der Waals surface area contributed by atoms with Crippen LogP contribution in [0.2, 0.25) is 0 Å². The van der Waals surface area contributed by atoms with Crippen molar-refractivity contribution >= 4 is 50.3 Å². The standard InChI is InChI=1S/C26H29NO6S2/c1-4-5-13-34-20-10-9-19-22-17(20)7-6-8-18(22)23(29)27(24(19)30)33-35(31,32)15-26-12-11-16(14-21(26)28)25(26,2)3/h6-10,16H,4-5,11-15H2,1-3H3. The van der Waals surface area contributed by atoms with Crippen LogP contribution in [0, 0.1) is 16.7 Å². The van der Waals surface area contributed by atoms with Gasteiger partial charge in [-0.25, -0.2) is 0 Å². The average Bonchev–Trinajstić information content (AvgIpc) is 3.15. The highest BCUT2D eigenvalue weighted by Crippen LogP contribution is 2.64. The second kappa shape index (κ2) is 8.42. The number of benzene rings is 2. The Morgan fingerprint density at radius 2 is 1.80 bits per heavy atom. The van der Waals surface area contributed by atoms with E-state index < -0.39 is 38.5 Å².